The van der Waals surface area contributed by atoms with Gasteiger partial charge in [-0.2, -0.15) is 0 Å². The third-order valence-electron chi connectivity index (χ3n) is 3.13. The van der Waals surface area contributed by atoms with E-state index in [9.17, 15) is 0 Å². The molecule has 112 valence electrons. The third kappa shape index (κ3) is 4.84. The van der Waals surface area contributed by atoms with Crippen molar-refractivity contribution in [1.82, 2.24) is 5.32 Å². The Morgan fingerprint density at radius 2 is 1.90 bits per heavy atom. The molecule has 1 N–H and O–H groups in total. The van der Waals surface area contributed by atoms with Crippen molar-refractivity contribution < 1.29 is 9.47 Å². The fourth-order valence-corrected chi connectivity index (χ4v) is 2.47. The molecular formula is C17H20BrNO2. The molecule has 0 unspecified atom stereocenters. The maximum Gasteiger partial charge on any atom is 0.131 e. The van der Waals surface area contributed by atoms with E-state index in [2.05, 4.69) is 33.4 Å². The Hall–Kier alpha value is -1.36. The zero-order valence-electron chi connectivity index (χ0n) is 12.4. The Kier molecular flexibility index (Phi) is 6.23. The largest absolute Gasteiger partial charge is 0.457 e. The number of methoxy groups -OCH3 is 1. The van der Waals surface area contributed by atoms with E-state index in [-0.39, 0.29) is 0 Å². The van der Waals surface area contributed by atoms with Crippen molar-refractivity contribution >= 4 is 15.9 Å². The molecule has 0 saturated heterocycles. The summed E-state index contributed by atoms with van der Waals surface area (Å²) in [6.07, 6.45) is 0. The zero-order chi connectivity index (χ0) is 15.1. The fraction of sp³-hybridized carbons (Fsp3) is 0.294. The molecule has 0 heterocycles. The van der Waals surface area contributed by atoms with Crippen molar-refractivity contribution in [2.24, 2.45) is 0 Å². The van der Waals surface area contributed by atoms with Crippen molar-refractivity contribution in [3.05, 3.63) is 58.1 Å². The van der Waals surface area contributed by atoms with Gasteiger partial charge < -0.3 is 14.8 Å². The second kappa shape index (κ2) is 8.17. The fourth-order valence-electron chi connectivity index (χ4n) is 1.99. The van der Waals surface area contributed by atoms with Crippen LogP contribution in [0.5, 0.6) is 11.5 Å². The molecule has 0 fully saturated rings. The predicted octanol–water partition coefficient (Wildman–Crippen LogP) is 4.29. The Morgan fingerprint density at radius 3 is 2.67 bits per heavy atom. The van der Waals surface area contributed by atoms with Crippen LogP contribution in [0.15, 0.2) is 46.9 Å². The number of para-hydroxylation sites is 1. The summed E-state index contributed by atoms with van der Waals surface area (Å²) in [5.74, 6) is 1.76. The minimum absolute atomic E-state index is 0.703. The molecule has 0 aliphatic carbocycles. The Balaban J connectivity index is 2.08. The van der Waals surface area contributed by atoms with Crippen LogP contribution in [0, 0.1) is 6.92 Å². The Morgan fingerprint density at radius 1 is 1.10 bits per heavy atom. The van der Waals surface area contributed by atoms with E-state index in [1.54, 1.807) is 7.11 Å². The highest BCUT2D eigenvalue weighted by Gasteiger charge is 2.06. The van der Waals surface area contributed by atoms with E-state index in [4.69, 9.17) is 9.47 Å². The summed E-state index contributed by atoms with van der Waals surface area (Å²) in [4.78, 5) is 0. The number of rotatable bonds is 7. The first-order valence-electron chi connectivity index (χ1n) is 6.92. The number of halogens is 1. The lowest BCUT2D eigenvalue weighted by Gasteiger charge is -2.13. The van der Waals surface area contributed by atoms with Gasteiger partial charge in [-0.25, -0.2) is 0 Å². The molecule has 3 nitrogen and oxygen atoms in total. The minimum Gasteiger partial charge on any atom is -0.457 e. The maximum absolute atomic E-state index is 6.06. The van der Waals surface area contributed by atoms with Crippen molar-refractivity contribution in [2.45, 2.75) is 13.5 Å². The highest BCUT2D eigenvalue weighted by Crippen LogP contribution is 2.29. The maximum atomic E-state index is 6.06. The lowest BCUT2D eigenvalue weighted by Crippen LogP contribution is -2.18. The molecule has 0 atom stereocenters. The molecule has 2 rings (SSSR count). The topological polar surface area (TPSA) is 30.5 Å². The van der Waals surface area contributed by atoms with Gasteiger partial charge in [-0.15, -0.1) is 0 Å². The molecule has 0 amide bonds. The van der Waals surface area contributed by atoms with Gasteiger partial charge in [0.05, 0.1) is 6.61 Å². The molecule has 0 bridgehead atoms. The van der Waals surface area contributed by atoms with Crippen LogP contribution in [-0.2, 0) is 11.3 Å². The summed E-state index contributed by atoms with van der Waals surface area (Å²) >= 11 is 3.47. The van der Waals surface area contributed by atoms with Crippen LogP contribution in [0.2, 0.25) is 0 Å². The second-order valence-corrected chi connectivity index (χ2v) is 5.70. The van der Waals surface area contributed by atoms with Crippen molar-refractivity contribution in [3.63, 3.8) is 0 Å². The van der Waals surface area contributed by atoms with E-state index < -0.39 is 0 Å². The van der Waals surface area contributed by atoms with Gasteiger partial charge in [0.15, 0.2) is 0 Å². The Labute approximate surface area is 134 Å². The van der Waals surface area contributed by atoms with E-state index in [1.165, 1.54) is 0 Å². The average molecular weight is 350 g/mol. The van der Waals surface area contributed by atoms with Gasteiger partial charge in [-0.3, -0.25) is 0 Å². The molecule has 21 heavy (non-hydrogen) atoms. The summed E-state index contributed by atoms with van der Waals surface area (Å²) in [5, 5.41) is 3.34. The average Bonchev–Trinajstić information content (AvgIpc) is 2.48. The van der Waals surface area contributed by atoms with Gasteiger partial charge >= 0.3 is 0 Å². The number of hydrogen-bond donors (Lipinski definition) is 1. The summed E-state index contributed by atoms with van der Waals surface area (Å²) < 4.78 is 12.2. The standard InChI is InChI=1S/C17H20BrNO2/c1-13-11-15(18)7-8-16(13)21-17-6-4-3-5-14(17)12-19-9-10-20-2/h3-8,11,19H,9-10,12H2,1-2H3. The zero-order valence-corrected chi connectivity index (χ0v) is 13.9. The van der Waals surface area contributed by atoms with Crippen molar-refractivity contribution in [1.29, 1.82) is 0 Å². The molecule has 0 aliphatic rings. The Bertz CT molecular complexity index is 587. The van der Waals surface area contributed by atoms with E-state index in [0.29, 0.717) is 6.61 Å². The summed E-state index contributed by atoms with van der Waals surface area (Å²) in [6, 6.07) is 14.1. The molecule has 0 aliphatic heterocycles. The third-order valence-corrected chi connectivity index (χ3v) is 3.62. The van der Waals surface area contributed by atoms with Crippen LogP contribution < -0.4 is 10.1 Å². The first-order chi connectivity index (χ1) is 10.2. The van der Waals surface area contributed by atoms with Gasteiger partial charge in [-0.1, -0.05) is 34.1 Å². The number of benzene rings is 2. The first kappa shape index (κ1) is 16.0. The quantitative estimate of drug-likeness (QED) is 0.756. The molecule has 0 radical (unpaired) electrons. The smallest absolute Gasteiger partial charge is 0.131 e. The highest BCUT2D eigenvalue weighted by molar-refractivity contribution is 9.10. The normalized spacial score (nSPS) is 10.6. The van der Waals surface area contributed by atoms with Gasteiger partial charge in [-0.05, 0) is 36.8 Å². The summed E-state index contributed by atoms with van der Waals surface area (Å²) in [7, 11) is 1.70. The second-order valence-electron chi connectivity index (χ2n) is 4.79. The number of aryl methyl sites for hydroxylation is 1. The van der Waals surface area contributed by atoms with Crippen LogP contribution in [-0.4, -0.2) is 20.3 Å². The molecule has 2 aromatic carbocycles. The monoisotopic (exact) mass is 349 g/mol. The summed E-state index contributed by atoms with van der Waals surface area (Å²) in [5.41, 5.74) is 2.24. The molecular weight excluding hydrogens is 330 g/mol. The van der Waals surface area contributed by atoms with E-state index in [0.717, 1.165) is 40.2 Å². The first-order valence-corrected chi connectivity index (χ1v) is 7.71. The van der Waals surface area contributed by atoms with Gasteiger partial charge in [0.2, 0.25) is 0 Å². The number of nitrogens with one attached hydrogen (secondary N) is 1. The van der Waals surface area contributed by atoms with Crippen LogP contribution in [0.1, 0.15) is 11.1 Å². The molecule has 2 aromatic rings. The number of ether oxygens (including phenoxy) is 2. The predicted molar refractivity (Wildman–Crippen MR) is 89.0 cm³/mol. The van der Waals surface area contributed by atoms with Gasteiger partial charge in [0.1, 0.15) is 11.5 Å². The lowest BCUT2D eigenvalue weighted by atomic mass is 10.2. The van der Waals surface area contributed by atoms with E-state index >= 15 is 0 Å². The van der Waals surface area contributed by atoms with Crippen LogP contribution in [0.4, 0.5) is 0 Å². The SMILES string of the molecule is COCCNCc1ccccc1Oc1ccc(Br)cc1C. The van der Waals surface area contributed by atoms with Crippen LogP contribution in [0.3, 0.4) is 0 Å². The van der Waals surface area contributed by atoms with Crippen molar-refractivity contribution in [3.8, 4) is 11.5 Å². The van der Waals surface area contributed by atoms with Crippen LogP contribution in [0.25, 0.3) is 0 Å². The van der Waals surface area contributed by atoms with Gasteiger partial charge in [0, 0.05) is 30.2 Å². The van der Waals surface area contributed by atoms with Crippen LogP contribution >= 0.6 is 15.9 Å². The molecule has 0 spiro atoms. The van der Waals surface area contributed by atoms with Gasteiger partial charge in [0.25, 0.3) is 0 Å². The van der Waals surface area contributed by atoms with Crippen molar-refractivity contribution in [2.75, 3.05) is 20.3 Å². The molecule has 0 saturated carbocycles. The number of hydrogen-bond acceptors (Lipinski definition) is 3. The lowest BCUT2D eigenvalue weighted by molar-refractivity contribution is 0.199. The molecule has 4 heteroatoms. The highest BCUT2D eigenvalue weighted by atomic mass is 79.9. The molecule has 0 aromatic heterocycles. The minimum atomic E-state index is 0.703. The van der Waals surface area contributed by atoms with E-state index in [1.807, 2.05) is 37.3 Å². The summed E-state index contributed by atoms with van der Waals surface area (Å²) in [6.45, 7) is 4.33.